The summed E-state index contributed by atoms with van der Waals surface area (Å²) in [6, 6.07) is 5.00. The Kier molecular flexibility index (Phi) is 3.13. The predicted octanol–water partition coefficient (Wildman–Crippen LogP) is 3.40. The summed E-state index contributed by atoms with van der Waals surface area (Å²) >= 11 is 0. The van der Waals surface area contributed by atoms with E-state index in [1.165, 1.54) is 6.07 Å². The molecular weight excluding hydrogens is 217 g/mol. The fourth-order valence-corrected chi connectivity index (χ4v) is 1.75. The molecule has 17 heavy (non-hydrogen) atoms. The molecule has 0 saturated heterocycles. The van der Waals surface area contributed by atoms with Crippen molar-refractivity contribution in [3.8, 4) is 0 Å². The van der Waals surface area contributed by atoms with E-state index in [0.717, 1.165) is 23.9 Å². The molecule has 0 amide bonds. The molecule has 0 radical (unpaired) electrons. The first kappa shape index (κ1) is 11.6. The Bertz CT molecular complexity index is 531. The topological polar surface area (TPSA) is 29.9 Å². The highest BCUT2D eigenvalue weighted by molar-refractivity contribution is 5.58. The van der Waals surface area contributed by atoms with Crippen LogP contribution in [0, 0.1) is 19.7 Å². The molecule has 0 unspecified atom stereocenters. The Morgan fingerprint density at radius 3 is 2.82 bits per heavy atom. The smallest absolute Gasteiger partial charge is 0.207 e. The van der Waals surface area contributed by atoms with Crippen molar-refractivity contribution >= 4 is 11.6 Å². The highest BCUT2D eigenvalue weighted by atomic mass is 19.1. The molecule has 0 spiro atoms. The van der Waals surface area contributed by atoms with Gasteiger partial charge < -0.3 is 9.88 Å². The van der Waals surface area contributed by atoms with Gasteiger partial charge in [-0.3, -0.25) is 0 Å². The number of hydrogen-bond acceptors (Lipinski definition) is 2. The van der Waals surface area contributed by atoms with Gasteiger partial charge >= 0.3 is 0 Å². The third kappa shape index (κ3) is 2.30. The van der Waals surface area contributed by atoms with E-state index in [1.807, 2.05) is 30.7 Å². The van der Waals surface area contributed by atoms with E-state index in [-0.39, 0.29) is 5.82 Å². The monoisotopic (exact) mass is 233 g/mol. The summed E-state index contributed by atoms with van der Waals surface area (Å²) in [4.78, 5) is 4.38. The van der Waals surface area contributed by atoms with Gasteiger partial charge in [0.25, 0.3) is 0 Å². The maximum Gasteiger partial charge on any atom is 0.207 e. The Balaban J connectivity index is 2.34. The second-order valence-electron chi connectivity index (χ2n) is 4.03. The van der Waals surface area contributed by atoms with E-state index in [4.69, 9.17) is 0 Å². The number of benzene rings is 1. The zero-order valence-corrected chi connectivity index (χ0v) is 10.3. The van der Waals surface area contributed by atoms with Crippen molar-refractivity contribution in [2.75, 3.05) is 5.32 Å². The molecule has 1 aromatic carbocycles. The molecule has 1 heterocycles. The minimum Gasteiger partial charge on any atom is -0.325 e. The van der Waals surface area contributed by atoms with Crippen molar-refractivity contribution in [2.24, 2.45) is 0 Å². The van der Waals surface area contributed by atoms with Gasteiger partial charge in [0.05, 0.1) is 5.69 Å². The van der Waals surface area contributed by atoms with Crippen LogP contribution in [0.2, 0.25) is 0 Å². The molecule has 0 fully saturated rings. The average molecular weight is 233 g/mol. The lowest BCUT2D eigenvalue weighted by Crippen LogP contribution is -2.03. The van der Waals surface area contributed by atoms with Crippen LogP contribution in [-0.2, 0) is 6.54 Å². The molecule has 2 rings (SSSR count). The van der Waals surface area contributed by atoms with Crippen LogP contribution < -0.4 is 5.32 Å². The van der Waals surface area contributed by atoms with Crippen LogP contribution >= 0.6 is 0 Å². The molecular formula is C13H16FN3. The number of aromatic nitrogens is 2. The van der Waals surface area contributed by atoms with Gasteiger partial charge in [-0.05, 0) is 32.9 Å². The summed E-state index contributed by atoms with van der Waals surface area (Å²) in [5.74, 6) is 0.542. The SMILES string of the molecule is CCn1cc(C)nc1Nc1cccc(F)c1C. The average Bonchev–Trinajstić information content (AvgIpc) is 2.65. The van der Waals surface area contributed by atoms with Gasteiger partial charge in [-0.2, -0.15) is 0 Å². The van der Waals surface area contributed by atoms with Crippen LogP contribution in [-0.4, -0.2) is 9.55 Å². The van der Waals surface area contributed by atoms with Crippen molar-refractivity contribution in [2.45, 2.75) is 27.3 Å². The zero-order valence-electron chi connectivity index (χ0n) is 10.3. The molecule has 0 aliphatic rings. The molecule has 0 atom stereocenters. The Hall–Kier alpha value is -1.84. The Labute approximate surface area is 100 Å². The maximum atomic E-state index is 13.4. The van der Waals surface area contributed by atoms with Gasteiger partial charge in [0, 0.05) is 24.0 Å². The number of imidazole rings is 1. The summed E-state index contributed by atoms with van der Waals surface area (Å²) in [6.45, 7) is 6.57. The van der Waals surface area contributed by atoms with Crippen molar-refractivity contribution in [3.63, 3.8) is 0 Å². The summed E-state index contributed by atoms with van der Waals surface area (Å²) < 4.78 is 15.4. The van der Waals surface area contributed by atoms with Gasteiger partial charge in [-0.1, -0.05) is 6.07 Å². The van der Waals surface area contributed by atoms with Gasteiger partial charge in [-0.15, -0.1) is 0 Å². The second kappa shape index (κ2) is 4.57. The molecule has 2 aromatic rings. The number of hydrogen-bond donors (Lipinski definition) is 1. The quantitative estimate of drug-likeness (QED) is 0.880. The third-order valence-electron chi connectivity index (χ3n) is 2.75. The van der Waals surface area contributed by atoms with Crippen molar-refractivity contribution in [3.05, 3.63) is 41.5 Å². The highest BCUT2D eigenvalue weighted by Crippen LogP contribution is 2.22. The zero-order chi connectivity index (χ0) is 12.4. The van der Waals surface area contributed by atoms with E-state index in [1.54, 1.807) is 13.0 Å². The van der Waals surface area contributed by atoms with Gasteiger partial charge in [0.2, 0.25) is 5.95 Å². The van der Waals surface area contributed by atoms with Crippen LogP contribution in [0.1, 0.15) is 18.2 Å². The van der Waals surface area contributed by atoms with E-state index >= 15 is 0 Å². The largest absolute Gasteiger partial charge is 0.325 e. The molecule has 0 aliphatic carbocycles. The number of nitrogens with zero attached hydrogens (tertiary/aromatic N) is 2. The number of anilines is 2. The minimum atomic E-state index is -0.207. The molecule has 90 valence electrons. The molecule has 0 bridgehead atoms. The van der Waals surface area contributed by atoms with Crippen LogP contribution in [0.15, 0.2) is 24.4 Å². The normalized spacial score (nSPS) is 10.6. The van der Waals surface area contributed by atoms with E-state index in [0.29, 0.717) is 5.56 Å². The van der Waals surface area contributed by atoms with Gasteiger partial charge in [-0.25, -0.2) is 9.37 Å². The van der Waals surface area contributed by atoms with E-state index < -0.39 is 0 Å². The number of halogens is 1. The molecule has 0 aliphatic heterocycles. The maximum absolute atomic E-state index is 13.4. The molecule has 3 nitrogen and oxygen atoms in total. The summed E-state index contributed by atoms with van der Waals surface area (Å²) in [6.07, 6.45) is 1.97. The third-order valence-corrected chi connectivity index (χ3v) is 2.75. The number of nitrogens with one attached hydrogen (secondary N) is 1. The molecule has 1 aromatic heterocycles. The first-order valence-corrected chi connectivity index (χ1v) is 5.67. The fraction of sp³-hybridized carbons (Fsp3) is 0.308. The van der Waals surface area contributed by atoms with Crippen LogP contribution in [0.4, 0.5) is 16.0 Å². The molecule has 1 N–H and O–H groups in total. The summed E-state index contributed by atoms with van der Waals surface area (Å²) in [5, 5.41) is 3.17. The number of rotatable bonds is 3. The lowest BCUT2D eigenvalue weighted by molar-refractivity contribution is 0.619. The second-order valence-corrected chi connectivity index (χ2v) is 4.03. The van der Waals surface area contributed by atoms with Crippen LogP contribution in [0.3, 0.4) is 0 Å². The first-order chi connectivity index (χ1) is 8.11. The van der Waals surface area contributed by atoms with Crippen LogP contribution in [0.25, 0.3) is 0 Å². The number of aryl methyl sites for hydroxylation is 2. The summed E-state index contributed by atoms with van der Waals surface area (Å²) in [5.41, 5.74) is 2.31. The van der Waals surface area contributed by atoms with Crippen LogP contribution in [0.5, 0.6) is 0 Å². The standard InChI is InChI=1S/C13H16FN3/c1-4-17-8-9(2)15-13(17)16-12-7-5-6-11(14)10(12)3/h5-8H,4H2,1-3H3,(H,15,16). The van der Waals surface area contributed by atoms with Crippen molar-refractivity contribution in [1.82, 2.24) is 9.55 Å². The molecule has 4 heteroatoms. The highest BCUT2D eigenvalue weighted by Gasteiger charge is 2.08. The van der Waals surface area contributed by atoms with E-state index in [2.05, 4.69) is 10.3 Å². The van der Waals surface area contributed by atoms with Crippen molar-refractivity contribution in [1.29, 1.82) is 0 Å². The predicted molar refractivity (Wildman–Crippen MR) is 67.1 cm³/mol. The van der Waals surface area contributed by atoms with Gasteiger partial charge in [0.15, 0.2) is 0 Å². The Morgan fingerprint density at radius 2 is 2.12 bits per heavy atom. The fourth-order valence-electron chi connectivity index (χ4n) is 1.75. The van der Waals surface area contributed by atoms with Gasteiger partial charge in [0.1, 0.15) is 5.82 Å². The Morgan fingerprint density at radius 1 is 1.35 bits per heavy atom. The van der Waals surface area contributed by atoms with Crippen molar-refractivity contribution < 1.29 is 4.39 Å². The first-order valence-electron chi connectivity index (χ1n) is 5.67. The van der Waals surface area contributed by atoms with E-state index in [9.17, 15) is 4.39 Å². The molecule has 0 saturated carbocycles. The lowest BCUT2D eigenvalue weighted by atomic mass is 10.2. The minimum absolute atomic E-state index is 0.207. The lowest BCUT2D eigenvalue weighted by Gasteiger charge is -2.10. The summed E-state index contributed by atoms with van der Waals surface area (Å²) in [7, 11) is 0.